The average Bonchev–Trinajstić information content (AvgIpc) is 2.60. The Kier molecular flexibility index (Phi) is 7.80. The summed E-state index contributed by atoms with van der Waals surface area (Å²) in [4.78, 5) is 12.1. The molecule has 0 bridgehead atoms. The highest BCUT2D eigenvalue weighted by atomic mass is 35.5. The van der Waals surface area contributed by atoms with E-state index in [-0.39, 0.29) is 34.6 Å². The van der Waals surface area contributed by atoms with Gasteiger partial charge < -0.3 is 5.32 Å². The van der Waals surface area contributed by atoms with Crippen molar-refractivity contribution in [3.63, 3.8) is 0 Å². The van der Waals surface area contributed by atoms with Gasteiger partial charge in [0.1, 0.15) is 4.90 Å². The van der Waals surface area contributed by atoms with Crippen LogP contribution in [0.4, 0.5) is 0 Å². The lowest BCUT2D eigenvalue weighted by atomic mass is 10.2. The average molecular weight is 470 g/mol. The second kappa shape index (κ2) is 9.45. The lowest BCUT2D eigenvalue weighted by molar-refractivity contribution is -0.121. The quantitative estimate of drug-likeness (QED) is 0.642. The molecule has 10 heteroatoms. The number of carbonyl (C=O) groups excluding carboxylic acids is 1. The highest BCUT2D eigenvalue weighted by Crippen LogP contribution is 2.27. The number of halogens is 4. The van der Waals surface area contributed by atoms with Crippen LogP contribution in [0, 0.1) is 0 Å². The van der Waals surface area contributed by atoms with Gasteiger partial charge in [0, 0.05) is 28.2 Å². The topological polar surface area (TPSA) is 66.5 Å². The van der Waals surface area contributed by atoms with Gasteiger partial charge >= 0.3 is 0 Å². The van der Waals surface area contributed by atoms with Crippen LogP contribution in [0.25, 0.3) is 0 Å². The lowest BCUT2D eigenvalue weighted by Gasteiger charge is -2.21. The predicted molar refractivity (Wildman–Crippen MR) is 109 cm³/mol. The summed E-state index contributed by atoms with van der Waals surface area (Å²) in [7, 11) is -3.98. The number of nitrogens with zero attached hydrogens (tertiary/aromatic N) is 1. The van der Waals surface area contributed by atoms with Crippen molar-refractivity contribution in [2.24, 2.45) is 0 Å². The van der Waals surface area contributed by atoms with Crippen LogP contribution in [0.2, 0.25) is 20.1 Å². The summed E-state index contributed by atoms with van der Waals surface area (Å²) >= 11 is 23.8. The van der Waals surface area contributed by atoms with Crippen LogP contribution in [0.5, 0.6) is 0 Å². The number of nitrogens with one attached hydrogen (secondary N) is 1. The first-order valence-electron chi connectivity index (χ1n) is 7.81. The number of hydrogen-bond acceptors (Lipinski definition) is 3. The van der Waals surface area contributed by atoms with E-state index >= 15 is 0 Å². The summed E-state index contributed by atoms with van der Waals surface area (Å²) in [5.74, 6) is -0.482. The maximum absolute atomic E-state index is 12.8. The van der Waals surface area contributed by atoms with Crippen molar-refractivity contribution in [2.75, 3.05) is 13.1 Å². The number of benzene rings is 2. The standard InChI is InChI=1S/C17H16Cl4N2O3S/c1-2-23(27(25,26)16-8-13(19)5-6-14(16)20)10-17(24)22-9-11-3-4-12(18)7-15(11)21/h3-8H,2,9-10H2,1H3,(H,22,24). The van der Waals surface area contributed by atoms with Crippen LogP contribution >= 0.6 is 46.4 Å². The molecule has 5 nitrogen and oxygen atoms in total. The van der Waals surface area contributed by atoms with E-state index in [0.29, 0.717) is 15.6 Å². The van der Waals surface area contributed by atoms with Crippen molar-refractivity contribution in [3.8, 4) is 0 Å². The van der Waals surface area contributed by atoms with Gasteiger partial charge in [0.05, 0.1) is 11.6 Å². The zero-order valence-corrected chi connectivity index (χ0v) is 18.0. The van der Waals surface area contributed by atoms with E-state index in [4.69, 9.17) is 46.4 Å². The molecule has 0 fully saturated rings. The van der Waals surface area contributed by atoms with E-state index in [1.54, 1.807) is 25.1 Å². The predicted octanol–water partition coefficient (Wildman–Crippen LogP) is 4.63. The summed E-state index contributed by atoms with van der Waals surface area (Å²) < 4.78 is 26.6. The molecular weight excluding hydrogens is 454 g/mol. The van der Waals surface area contributed by atoms with Gasteiger partial charge in [-0.2, -0.15) is 4.31 Å². The van der Waals surface area contributed by atoms with Gasteiger partial charge in [-0.15, -0.1) is 0 Å². The van der Waals surface area contributed by atoms with Crippen LogP contribution in [-0.2, 0) is 21.4 Å². The summed E-state index contributed by atoms with van der Waals surface area (Å²) in [6.45, 7) is 1.48. The summed E-state index contributed by atoms with van der Waals surface area (Å²) in [5, 5.41) is 3.80. The minimum absolute atomic E-state index is 0.0335. The van der Waals surface area contributed by atoms with Crippen LogP contribution in [0.15, 0.2) is 41.3 Å². The number of hydrogen-bond donors (Lipinski definition) is 1. The third-order valence-corrected chi connectivity index (χ3v) is 6.90. The highest BCUT2D eigenvalue weighted by Gasteiger charge is 2.27. The Bertz CT molecular complexity index is 951. The normalized spacial score (nSPS) is 11.6. The number of likely N-dealkylation sites (N-methyl/N-ethyl adjacent to an activating group) is 1. The highest BCUT2D eigenvalue weighted by molar-refractivity contribution is 7.89. The van der Waals surface area contributed by atoms with Gasteiger partial charge in [0.2, 0.25) is 15.9 Å². The molecule has 2 aromatic rings. The lowest BCUT2D eigenvalue weighted by Crippen LogP contribution is -2.40. The molecule has 1 N–H and O–H groups in total. The Balaban J connectivity index is 2.11. The van der Waals surface area contributed by atoms with Gasteiger partial charge in [-0.1, -0.05) is 59.4 Å². The molecule has 0 aromatic heterocycles. The Morgan fingerprint density at radius 1 is 1.00 bits per heavy atom. The molecule has 2 aromatic carbocycles. The number of sulfonamides is 1. The van der Waals surface area contributed by atoms with Crippen molar-refractivity contribution in [3.05, 3.63) is 62.1 Å². The third kappa shape index (κ3) is 5.73. The van der Waals surface area contributed by atoms with E-state index < -0.39 is 15.9 Å². The van der Waals surface area contributed by atoms with Crippen molar-refractivity contribution >= 4 is 62.3 Å². The molecule has 0 saturated carbocycles. The Morgan fingerprint density at radius 3 is 2.26 bits per heavy atom. The third-order valence-electron chi connectivity index (χ3n) is 3.67. The number of amides is 1. The second-order valence-corrected chi connectivity index (χ2v) is 9.11. The first-order chi connectivity index (χ1) is 12.6. The molecule has 1 amide bonds. The Hall–Kier alpha value is -1.02. The molecule has 0 aliphatic rings. The smallest absolute Gasteiger partial charge is 0.245 e. The van der Waals surface area contributed by atoms with Crippen LogP contribution in [0.1, 0.15) is 12.5 Å². The molecule has 0 aliphatic heterocycles. The van der Waals surface area contributed by atoms with Gasteiger partial charge in [0.25, 0.3) is 0 Å². The fourth-order valence-corrected chi connectivity index (χ4v) is 4.87. The molecule has 146 valence electrons. The monoisotopic (exact) mass is 468 g/mol. The maximum atomic E-state index is 12.8. The van der Waals surface area contributed by atoms with Crippen molar-refractivity contribution in [2.45, 2.75) is 18.4 Å². The van der Waals surface area contributed by atoms with E-state index in [1.807, 2.05) is 0 Å². The van der Waals surface area contributed by atoms with E-state index in [0.717, 1.165) is 4.31 Å². The van der Waals surface area contributed by atoms with Gasteiger partial charge in [-0.05, 0) is 35.9 Å². The fraction of sp³-hybridized carbons (Fsp3) is 0.235. The SMILES string of the molecule is CCN(CC(=O)NCc1ccc(Cl)cc1Cl)S(=O)(=O)c1cc(Cl)ccc1Cl. The molecular formula is C17H16Cl4N2O3S. The molecule has 0 unspecified atom stereocenters. The zero-order chi connectivity index (χ0) is 20.2. The molecule has 0 heterocycles. The van der Waals surface area contributed by atoms with Crippen molar-refractivity contribution in [1.82, 2.24) is 9.62 Å². The summed E-state index contributed by atoms with van der Waals surface area (Å²) in [5.41, 5.74) is 0.665. The van der Waals surface area contributed by atoms with Crippen molar-refractivity contribution in [1.29, 1.82) is 0 Å². The van der Waals surface area contributed by atoms with Gasteiger partial charge in [0.15, 0.2) is 0 Å². The zero-order valence-electron chi connectivity index (χ0n) is 14.2. The van der Waals surface area contributed by atoms with Gasteiger partial charge in [-0.3, -0.25) is 4.79 Å². The first kappa shape index (κ1) is 22.3. The molecule has 27 heavy (non-hydrogen) atoms. The minimum atomic E-state index is -3.98. The van der Waals surface area contributed by atoms with E-state index in [1.165, 1.54) is 18.2 Å². The van der Waals surface area contributed by atoms with Crippen LogP contribution in [0.3, 0.4) is 0 Å². The molecule has 0 atom stereocenters. The Labute approximate surface area is 178 Å². The number of rotatable bonds is 7. The van der Waals surface area contributed by atoms with E-state index in [9.17, 15) is 13.2 Å². The molecule has 2 rings (SSSR count). The maximum Gasteiger partial charge on any atom is 0.245 e. The summed E-state index contributed by atoms with van der Waals surface area (Å²) in [6.07, 6.45) is 0. The van der Waals surface area contributed by atoms with Crippen molar-refractivity contribution < 1.29 is 13.2 Å². The second-order valence-electron chi connectivity index (χ2n) is 5.52. The molecule has 0 saturated heterocycles. The van der Waals surface area contributed by atoms with Gasteiger partial charge in [-0.25, -0.2) is 8.42 Å². The van der Waals surface area contributed by atoms with E-state index in [2.05, 4.69) is 5.32 Å². The molecule has 0 spiro atoms. The number of carbonyl (C=O) groups is 1. The minimum Gasteiger partial charge on any atom is -0.351 e. The molecule has 0 aliphatic carbocycles. The van der Waals surface area contributed by atoms with Crippen LogP contribution < -0.4 is 5.32 Å². The Morgan fingerprint density at radius 2 is 1.63 bits per heavy atom. The first-order valence-corrected chi connectivity index (χ1v) is 10.8. The van der Waals surface area contributed by atoms with Crippen LogP contribution in [-0.4, -0.2) is 31.7 Å². The molecule has 0 radical (unpaired) electrons. The largest absolute Gasteiger partial charge is 0.351 e. The fourth-order valence-electron chi connectivity index (χ4n) is 2.26. The summed E-state index contributed by atoms with van der Waals surface area (Å²) in [6, 6.07) is 9.04.